The number of carbonyl (C=O) groups is 2. The molecule has 1 rings (SSSR count). The lowest BCUT2D eigenvalue weighted by Gasteiger charge is -2.40. The largest absolute Gasteiger partial charge is 0.466 e. The smallest absolute Gasteiger partial charge is 0.305 e. The predicted molar refractivity (Wildman–Crippen MR) is 311 cm³/mol. The summed E-state index contributed by atoms with van der Waals surface area (Å²) in [5.74, 6) is -0.192. The number of aliphatic hydroxyl groups is 5. The van der Waals surface area contributed by atoms with Gasteiger partial charge in [-0.1, -0.05) is 263 Å². The third kappa shape index (κ3) is 43.7. The first kappa shape index (κ1) is 71.2. The van der Waals surface area contributed by atoms with Gasteiger partial charge in [0.25, 0.3) is 0 Å². The van der Waals surface area contributed by atoms with Gasteiger partial charge in [-0.2, -0.15) is 0 Å². The molecule has 1 amide bonds. The Labute approximate surface area is 461 Å². The van der Waals surface area contributed by atoms with Gasteiger partial charge in [-0.15, -0.1) is 0 Å². The van der Waals surface area contributed by atoms with E-state index in [4.69, 9.17) is 14.2 Å². The Kier molecular flexibility index (Phi) is 51.3. The van der Waals surface area contributed by atoms with E-state index in [9.17, 15) is 35.1 Å². The molecule has 0 spiro atoms. The second-order valence-electron chi connectivity index (χ2n) is 22.5. The molecule has 1 saturated heterocycles. The molecule has 11 heteroatoms. The molecule has 1 aliphatic heterocycles. The third-order valence-electron chi connectivity index (χ3n) is 15.3. The molecule has 0 aliphatic carbocycles. The average Bonchev–Trinajstić information content (AvgIpc) is 3.41. The number of carbonyl (C=O) groups excluding carboxylic acids is 2. The Morgan fingerprint density at radius 3 is 1.28 bits per heavy atom. The molecule has 0 radical (unpaired) electrons. The monoisotopic (exact) mass is 1060 g/mol. The van der Waals surface area contributed by atoms with Gasteiger partial charge in [-0.25, -0.2) is 0 Å². The lowest BCUT2D eigenvalue weighted by molar-refractivity contribution is -0.302. The molecule has 0 aromatic heterocycles. The van der Waals surface area contributed by atoms with E-state index in [1.54, 1.807) is 6.08 Å². The third-order valence-corrected chi connectivity index (χ3v) is 15.3. The van der Waals surface area contributed by atoms with Gasteiger partial charge in [0.05, 0.1) is 32.0 Å². The standard InChI is InChI=1S/C64H121NO10/c1-3-5-7-9-11-13-15-16-24-27-31-34-38-42-46-50-57(67)56(55-74-64-63(72)62(71)61(70)58(54-66)75-64)65-59(68)51-47-43-39-35-32-28-25-22-20-18-17-19-21-23-26-29-33-37-41-45-49-53-73-60(69)52-48-44-40-36-30-14-12-10-8-6-4-2/h18,20,46,50,56-58,61-64,66-67,70-72H,3-17,19,21-45,47-49,51-55H2,1-2H3,(H,65,68)/b20-18-,50-46+. The fourth-order valence-electron chi connectivity index (χ4n) is 10.2. The van der Waals surface area contributed by atoms with Crippen molar-refractivity contribution in [3.63, 3.8) is 0 Å². The van der Waals surface area contributed by atoms with Crippen molar-refractivity contribution in [3.8, 4) is 0 Å². The van der Waals surface area contributed by atoms with Crippen molar-refractivity contribution in [2.75, 3.05) is 19.8 Å². The van der Waals surface area contributed by atoms with Gasteiger partial charge in [0.15, 0.2) is 6.29 Å². The number of aliphatic hydroxyl groups excluding tert-OH is 5. The van der Waals surface area contributed by atoms with Crippen LogP contribution in [0.15, 0.2) is 24.3 Å². The van der Waals surface area contributed by atoms with E-state index in [2.05, 4.69) is 31.3 Å². The fourth-order valence-corrected chi connectivity index (χ4v) is 10.2. The highest BCUT2D eigenvalue weighted by Crippen LogP contribution is 2.23. The zero-order valence-corrected chi connectivity index (χ0v) is 48.8. The summed E-state index contributed by atoms with van der Waals surface area (Å²) in [6, 6.07) is -0.815. The Morgan fingerprint density at radius 1 is 0.480 bits per heavy atom. The molecule has 6 N–H and O–H groups in total. The Morgan fingerprint density at radius 2 is 0.853 bits per heavy atom. The normalized spacial score (nSPS) is 18.8. The van der Waals surface area contributed by atoms with E-state index in [0.29, 0.717) is 19.4 Å². The van der Waals surface area contributed by atoms with E-state index in [1.165, 1.54) is 205 Å². The van der Waals surface area contributed by atoms with Gasteiger partial charge < -0.3 is 45.1 Å². The van der Waals surface area contributed by atoms with Crippen LogP contribution in [0.3, 0.4) is 0 Å². The van der Waals surface area contributed by atoms with Gasteiger partial charge in [0.2, 0.25) is 5.91 Å². The molecule has 0 aromatic rings. The van der Waals surface area contributed by atoms with Gasteiger partial charge in [-0.3, -0.25) is 9.59 Å². The van der Waals surface area contributed by atoms with Gasteiger partial charge in [0, 0.05) is 12.8 Å². The molecule has 0 aromatic carbocycles. The van der Waals surface area contributed by atoms with Crippen LogP contribution in [0, 0.1) is 0 Å². The lowest BCUT2D eigenvalue weighted by Crippen LogP contribution is -2.60. The molecule has 7 atom stereocenters. The van der Waals surface area contributed by atoms with Gasteiger partial charge in [0.1, 0.15) is 24.4 Å². The van der Waals surface area contributed by atoms with Crippen molar-refractivity contribution in [1.29, 1.82) is 0 Å². The Hall–Kier alpha value is -1.86. The highest BCUT2D eigenvalue weighted by molar-refractivity contribution is 5.76. The van der Waals surface area contributed by atoms with Crippen LogP contribution in [0.2, 0.25) is 0 Å². The number of nitrogens with one attached hydrogen (secondary N) is 1. The van der Waals surface area contributed by atoms with Crippen molar-refractivity contribution in [2.24, 2.45) is 0 Å². The summed E-state index contributed by atoms with van der Waals surface area (Å²) in [6.07, 6.45) is 55.5. The molecular formula is C64H121NO10. The van der Waals surface area contributed by atoms with Crippen LogP contribution in [-0.2, 0) is 23.8 Å². The quantitative estimate of drug-likeness (QED) is 0.0195. The maximum absolute atomic E-state index is 13.1. The number of amides is 1. The highest BCUT2D eigenvalue weighted by Gasteiger charge is 2.44. The van der Waals surface area contributed by atoms with E-state index < -0.39 is 49.5 Å². The number of esters is 1. The van der Waals surface area contributed by atoms with Crippen LogP contribution in [0.4, 0.5) is 0 Å². The first-order chi connectivity index (χ1) is 36.7. The minimum atomic E-state index is -1.57. The Balaban J connectivity index is 2.09. The van der Waals surface area contributed by atoms with Gasteiger partial charge in [-0.05, 0) is 57.8 Å². The summed E-state index contributed by atoms with van der Waals surface area (Å²) in [5, 5.41) is 54.5. The first-order valence-corrected chi connectivity index (χ1v) is 32.1. The second kappa shape index (κ2) is 54.1. The molecule has 1 fully saturated rings. The highest BCUT2D eigenvalue weighted by atomic mass is 16.7. The van der Waals surface area contributed by atoms with E-state index in [1.807, 2.05) is 6.08 Å². The number of rotatable bonds is 56. The number of unbranched alkanes of at least 4 members (excludes halogenated alkanes) is 40. The predicted octanol–water partition coefficient (Wildman–Crippen LogP) is 15.3. The summed E-state index contributed by atoms with van der Waals surface area (Å²) in [6.45, 7) is 4.35. The van der Waals surface area contributed by atoms with Crippen molar-refractivity contribution in [1.82, 2.24) is 5.32 Å². The summed E-state index contributed by atoms with van der Waals surface area (Å²) in [7, 11) is 0. The maximum atomic E-state index is 13.1. The summed E-state index contributed by atoms with van der Waals surface area (Å²) in [5.41, 5.74) is 0. The van der Waals surface area contributed by atoms with Crippen LogP contribution >= 0.6 is 0 Å². The van der Waals surface area contributed by atoms with Crippen LogP contribution < -0.4 is 5.32 Å². The zero-order chi connectivity index (χ0) is 54.5. The molecule has 7 unspecified atom stereocenters. The lowest BCUT2D eigenvalue weighted by atomic mass is 9.99. The molecular weight excluding hydrogens is 943 g/mol. The van der Waals surface area contributed by atoms with Crippen molar-refractivity contribution in [3.05, 3.63) is 24.3 Å². The molecule has 1 heterocycles. The molecule has 75 heavy (non-hydrogen) atoms. The number of ether oxygens (including phenoxy) is 3. The molecule has 0 bridgehead atoms. The first-order valence-electron chi connectivity index (χ1n) is 32.1. The number of allylic oxidation sites excluding steroid dienone is 3. The van der Waals surface area contributed by atoms with Gasteiger partial charge >= 0.3 is 5.97 Å². The van der Waals surface area contributed by atoms with Crippen LogP contribution in [-0.4, -0.2) is 100 Å². The zero-order valence-electron chi connectivity index (χ0n) is 48.8. The second-order valence-corrected chi connectivity index (χ2v) is 22.5. The van der Waals surface area contributed by atoms with Crippen molar-refractivity contribution in [2.45, 2.75) is 352 Å². The summed E-state index contributed by atoms with van der Waals surface area (Å²) < 4.78 is 16.7. The molecule has 442 valence electrons. The van der Waals surface area contributed by atoms with E-state index >= 15 is 0 Å². The SMILES string of the molecule is CCCCCCCCCCCCCCC/C=C/C(O)C(COC1OC(CO)C(O)C(O)C1O)NC(=O)CCCCCCCCC/C=C\CCCCCCCCCCCCOC(=O)CCCCCCCCCCCCC. The van der Waals surface area contributed by atoms with Crippen molar-refractivity contribution >= 4 is 11.9 Å². The number of hydrogen-bond donors (Lipinski definition) is 6. The van der Waals surface area contributed by atoms with Crippen molar-refractivity contribution < 1.29 is 49.3 Å². The van der Waals surface area contributed by atoms with E-state index in [0.717, 1.165) is 77.0 Å². The number of hydrogen-bond acceptors (Lipinski definition) is 10. The molecule has 1 aliphatic rings. The minimum absolute atomic E-state index is 0.00485. The van der Waals surface area contributed by atoms with Crippen LogP contribution in [0.5, 0.6) is 0 Å². The summed E-state index contributed by atoms with van der Waals surface area (Å²) in [4.78, 5) is 25.1. The summed E-state index contributed by atoms with van der Waals surface area (Å²) >= 11 is 0. The average molecular weight is 1060 g/mol. The minimum Gasteiger partial charge on any atom is -0.466 e. The molecule has 11 nitrogen and oxygen atoms in total. The van der Waals surface area contributed by atoms with E-state index in [-0.39, 0.29) is 18.5 Å². The maximum Gasteiger partial charge on any atom is 0.305 e. The molecule has 0 saturated carbocycles. The topological polar surface area (TPSA) is 175 Å². The Bertz CT molecular complexity index is 1300. The van der Waals surface area contributed by atoms with Crippen LogP contribution in [0.25, 0.3) is 0 Å². The van der Waals surface area contributed by atoms with Crippen LogP contribution in [0.1, 0.15) is 309 Å². The fraction of sp³-hybridized carbons (Fsp3) is 0.906.